The van der Waals surface area contributed by atoms with Gasteiger partial charge in [-0.2, -0.15) is 5.26 Å². The van der Waals surface area contributed by atoms with Crippen LogP contribution in [-0.2, 0) is 0 Å². The summed E-state index contributed by atoms with van der Waals surface area (Å²) >= 11 is 5.71. The molecule has 0 radical (unpaired) electrons. The van der Waals surface area contributed by atoms with Gasteiger partial charge in [0.05, 0.1) is 11.6 Å². The van der Waals surface area contributed by atoms with Crippen LogP contribution in [0.4, 0.5) is 0 Å². The van der Waals surface area contributed by atoms with Crippen molar-refractivity contribution in [3.8, 4) is 6.07 Å². The Morgan fingerprint density at radius 2 is 1.43 bits per heavy atom. The van der Waals surface area contributed by atoms with E-state index >= 15 is 0 Å². The molecule has 23 heavy (non-hydrogen) atoms. The molecule has 0 heterocycles. The number of allylic oxidation sites excluding steroid dienone is 1. The minimum atomic E-state index is 0.703. The first-order chi connectivity index (χ1) is 11.3. The molecule has 0 amide bonds. The number of halogens is 1. The summed E-state index contributed by atoms with van der Waals surface area (Å²) in [4.78, 5) is 0. The topological polar surface area (TPSA) is 23.8 Å². The summed E-state index contributed by atoms with van der Waals surface area (Å²) in [6.07, 6.45) is 13.0. The molecule has 0 aromatic heterocycles. The van der Waals surface area contributed by atoms with Gasteiger partial charge in [0.1, 0.15) is 0 Å². The molecule has 1 nitrogen and oxygen atoms in total. The maximum absolute atomic E-state index is 8.91. The highest BCUT2D eigenvalue weighted by Crippen LogP contribution is 2.44. The van der Waals surface area contributed by atoms with Gasteiger partial charge in [0.25, 0.3) is 0 Å². The van der Waals surface area contributed by atoms with Crippen molar-refractivity contribution in [1.82, 2.24) is 0 Å². The van der Waals surface area contributed by atoms with Crippen LogP contribution in [0.25, 0.3) is 0 Å². The first-order valence-corrected chi connectivity index (χ1v) is 9.50. The lowest BCUT2D eigenvalue weighted by molar-refractivity contribution is 0.171. The number of nitriles is 1. The van der Waals surface area contributed by atoms with Crippen molar-refractivity contribution in [3.05, 3.63) is 47.0 Å². The van der Waals surface area contributed by atoms with E-state index in [2.05, 4.69) is 24.3 Å². The molecule has 2 aliphatic rings. The summed E-state index contributed by atoms with van der Waals surface area (Å²) < 4.78 is 0. The van der Waals surface area contributed by atoms with E-state index < -0.39 is 0 Å². The second-order valence-corrected chi connectivity index (χ2v) is 7.59. The lowest BCUT2D eigenvalue weighted by Crippen LogP contribution is -2.25. The third-order valence-corrected chi connectivity index (χ3v) is 6.26. The van der Waals surface area contributed by atoms with Gasteiger partial charge in [-0.3, -0.25) is 0 Å². The van der Waals surface area contributed by atoms with Crippen LogP contribution in [0.3, 0.4) is 0 Å². The highest BCUT2D eigenvalue weighted by Gasteiger charge is 2.30. The Kier molecular flexibility index (Phi) is 5.79. The molecule has 2 heteroatoms. The van der Waals surface area contributed by atoms with Gasteiger partial charge in [-0.25, -0.2) is 0 Å². The smallest absolute Gasteiger partial charge is 0.0991 e. The molecule has 2 fully saturated rings. The van der Waals surface area contributed by atoms with Crippen molar-refractivity contribution in [2.75, 3.05) is 0 Å². The number of hydrogen-bond acceptors (Lipinski definition) is 1. The highest BCUT2D eigenvalue weighted by molar-refractivity contribution is 6.25. The van der Waals surface area contributed by atoms with E-state index in [0.29, 0.717) is 5.92 Å². The maximum Gasteiger partial charge on any atom is 0.0991 e. The van der Waals surface area contributed by atoms with Gasteiger partial charge < -0.3 is 0 Å². The zero-order chi connectivity index (χ0) is 16.1. The normalized spacial score (nSPS) is 31.8. The zero-order valence-electron chi connectivity index (χ0n) is 13.8. The summed E-state index contributed by atoms with van der Waals surface area (Å²) in [6.45, 7) is 0. The third kappa shape index (κ3) is 4.18. The van der Waals surface area contributed by atoms with E-state index in [1.54, 1.807) is 5.54 Å². The van der Waals surface area contributed by atoms with Crippen LogP contribution in [0, 0.1) is 29.1 Å². The predicted octanol–water partition coefficient (Wildman–Crippen LogP) is 6.39. The minimum absolute atomic E-state index is 0.703. The lowest BCUT2D eigenvalue weighted by atomic mass is 9.68. The first kappa shape index (κ1) is 16.6. The molecule has 0 atom stereocenters. The monoisotopic (exact) mass is 327 g/mol. The Hall–Kier alpha value is -1.26. The number of nitrogens with zero attached hydrogens (tertiary/aromatic N) is 1. The number of benzene rings is 1. The van der Waals surface area contributed by atoms with Crippen molar-refractivity contribution in [3.63, 3.8) is 0 Å². The molecule has 2 saturated carbocycles. The van der Waals surface area contributed by atoms with Crippen molar-refractivity contribution in [1.29, 1.82) is 5.26 Å². The van der Waals surface area contributed by atoms with E-state index in [4.69, 9.17) is 16.9 Å². The fourth-order valence-electron chi connectivity index (χ4n) is 4.67. The number of rotatable bonds is 3. The van der Waals surface area contributed by atoms with Gasteiger partial charge in [-0.1, -0.05) is 29.8 Å². The quantitative estimate of drug-likeness (QED) is 0.630. The highest BCUT2D eigenvalue weighted by atomic mass is 35.5. The van der Waals surface area contributed by atoms with Crippen molar-refractivity contribution < 1.29 is 0 Å². The lowest BCUT2D eigenvalue weighted by Gasteiger charge is -2.37. The molecular formula is C21H26ClN. The Balaban J connectivity index is 1.49. The molecule has 1 aromatic rings. The summed E-state index contributed by atoms with van der Waals surface area (Å²) in [6, 6.07) is 10.5. The van der Waals surface area contributed by atoms with E-state index in [1.165, 1.54) is 56.9 Å². The van der Waals surface area contributed by atoms with Crippen molar-refractivity contribution in [2.24, 2.45) is 17.8 Å². The molecular weight excluding hydrogens is 302 g/mol. The summed E-state index contributed by atoms with van der Waals surface area (Å²) in [5.41, 5.74) is 3.90. The fourth-order valence-corrected chi connectivity index (χ4v) is 4.87. The van der Waals surface area contributed by atoms with E-state index in [-0.39, 0.29) is 0 Å². The van der Waals surface area contributed by atoms with Gasteiger partial charge in [0.15, 0.2) is 0 Å². The van der Waals surface area contributed by atoms with E-state index in [1.807, 2.05) is 12.1 Å². The SMILES string of the molecule is N#Cc1ccc(C2CCC(C3CCC(/C=C/Cl)CC3)CC2)cc1. The van der Waals surface area contributed by atoms with Crippen LogP contribution in [0.5, 0.6) is 0 Å². The molecule has 3 rings (SSSR count). The molecule has 0 N–H and O–H groups in total. The second kappa shape index (κ2) is 8.02. The molecule has 0 saturated heterocycles. The zero-order valence-corrected chi connectivity index (χ0v) is 14.5. The van der Waals surface area contributed by atoms with E-state index in [0.717, 1.165) is 23.3 Å². The molecule has 0 bridgehead atoms. The third-order valence-electron chi connectivity index (χ3n) is 6.11. The largest absolute Gasteiger partial charge is 0.192 e. The molecule has 1 aromatic carbocycles. The Bertz CT molecular complexity index is 552. The Labute approximate surface area is 145 Å². The number of hydrogen-bond donors (Lipinski definition) is 0. The Morgan fingerprint density at radius 3 is 1.96 bits per heavy atom. The van der Waals surface area contributed by atoms with Crippen LogP contribution in [0.2, 0.25) is 0 Å². The van der Waals surface area contributed by atoms with Gasteiger partial charge >= 0.3 is 0 Å². The average Bonchev–Trinajstić information content (AvgIpc) is 2.63. The van der Waals surface area contributed by atoms with Crippen molar-refractivity contribution in [2.45, 2.75) is 57.3 Å². The first-order valence-electron chi connectivity index (χ1n) is 9.07. The predicted molar refractivity (Wildman–Crippen MR) is 96.3 cm³/mol. The molecule has 0 spiro atoms. The average molecular weight is 328 g/mol. The van der Waals surface area contributed by atoms with Gasteiger partial charge in [-0.15, -0.1) is 0 Å². The van der Waals surface area contributed by atoms with Crippen LogP contribution < -0.4 is 0 Å². The minimum Gasteiger partial charge on any atom is -0.192 e. The van der Waals surface area contributed by atoms with Gasteiger partial charge in [-0.05, 0) is 92.7 Å². The maximum atomic E-state index is 8.91. The molecule has 0 unspecified atom stereocenters. The van der Waals surface area contributed by atoms with Crippen LogP contribution in [0.1, 0.15) is 68.4 Å². The fraction of sp³-hybridized carbons (Fsp3) is 0.571. The summed E-state index contributed by atoms with van der Waals surface area (Å²) in [7, 11) is 0. The standard InChI is InChI=1S/C21H26ClN/c22-14-13-16-1-5-18(6-2-16)20-9-11-21(12-10-20)19-7-3-17(15-23)4-8-19/h3-4,7-8,13-14,16,18,20-21H,1-2,5-6,9-12H2/b14-13+. The Morgan fingerprint density at radius 1 is 0.870 bits per heavy atom. The van der Waals surface area contributed by atoms with Crippen LogP contribution in [0.15, 0.2) is 35.9 Å². The molecule has 2 aliphatic carbocycles. The van der Waals surface area contributed by atoms with Gasteiger partial charge in [0, 0.05) is 5.54 Å². The van der Waals surface area contributed by atoms with Crippen molar-refractivity contribution >= 4 is 11.6 Å². The summed E-state index contributed by atoms with van der Waals surface area (Å²) in [5, 5.41) is 8.91. The molecule has 122 valence electrons. The van der Waals surface area contributed by atoms with Crippen LogP contribution >= 0.6 is 11.6 Å². The van der Waals surface area contributed by atoms with Gasteiger partial charge in [0.2, 0.25) is 0 Å². The second-order valence-electron chi connectivity index (χ2n) is 7.34. The van der Waals surface area contributed by atoms with Crippen LogP contribution in [-0.4, -0.2) is 0 Å². The molecule has 0 aliphatic heterocycles. The summed E-state index contributed by atoms with van der Waals surface area (Å²) in [5.74, 6) is 3.30. The van der Waals surface area contributed by atoms with E-state index in [9.17, 15) is 0 Å².